The summed E-state index contributed by atoms with van der Waals surface area (Å²) in [5, 5.41) is 5.42. The molecule has 0 fully saturated rings. The van der Waals surface area contributed by atoms with E-state index in [-0.39, 0.29) is 36.5 Å². The summed E-state index contributed by atoms with van der Waals surface area (Å²) in [4.78, 5) is 47.5. The highest BCUT2D eigenvalue weighted by Crippen LogP contribution is 2.43. The third-order valence-corrected chi connectivity index (χ3v) is 7.00. The Balaban J connectivity index is 1.56. The van der Waals surface area contributed by atoms with Crippen LogP contribution in [0.2, 0.25) is 0 Å². The summed E-state index contributed by atoms with van der Waals surface area (Å²) in [5.74, 6) is -1.14. The molecule has 41 heavy (non-hydrogen) atoms. The van der Waals surface area contributed by atoms with E-state index in [1.165, 1.54) is 34.1 Å². The van der Waals surface area contributed by atoms with E-state index < -0.39 is 41.7 Å². The molecule has 2 aliphatic heterocycles. The Kier molecular flexibility index (Phi) is 7.60. The van der Waals surface area contributed by atoms with Crippen LogP contribution in [0.15, 0.2) is 103 Å². The normalized spacial score (nSPS) is 17.7. The van der Waals surface area contributed by atoms with Gasteiger partial charge in [0.25, 0.3) is 5.91 Å². The number of carbonyl (C=O) groups is 3. The Morgan fingerprint density at radius 3 is 2.51 bits per heavy atom. The first-order valence-electron chi connectivity index (χ1n) is 12.8. The second kappa shape index (κ2) is 11.3. The Morgan fingerprint density at radius 1 is 1.10 bits per heavy atom. The molecule has 1 aromatic heterocycles. The van der Waals surface area contributed by atoms with Crippen LogP contribution in [0.4, 0.5) is 18.0 Å². The van der Waals surface area contributed by atoms with Gasteiger partial charge < -0.3 is 15.5 Å². The van der Waals surface area contributed by atoms with Gasteiger partial charge in [0.1, 0.15) is 6.04 Å². The van der Waals surface area contributed by atoms with Gasteiger partial charge in [-0.3, -0.25) is 19.5 Å². The minimum Gasteiger partial charge on any atom is -0.350 e. The van der Waals surface area contributed by atoms with Gasteiger partial charge in [-0.2, -0.15) is 13.2 Å². The van der Waals surface area contributed by atoms with Crippen LogP contribution in [0.5, 0.6) is 0 Å². The van der Waals surface area contributed by atoms with Gasteiger partial charge >= 0.3 is 12.2 Å². The average Bonchev–Trinajstić information content (AvgIpc) is 3.30. The molecule has 4 amide bonds. The standard InChI is InChI=1S/C30H26F3N5O3/c1-2-15-37-23-18-38(26(20-10-4-3-5-11-20)27(39)35-17-19-9-8-14-34-16-19)28(40)24(23)25(36-29(37)41)21-12-6-7-13-22(21)30(31,32)33/h2-14,16,25-26H,1,15,17-18H2,(H,35,39)(H,36,41). The highest BCUT2D eigenvalue weighted by Gasteiger charge is 2.49. The lowest BCUT2D eigenvalue weighted by Gasteiger charge is -2.33. The molecule has 0 bridgehead atoms. The van der Waals surface area contributed by atoms with Crippen LogP contribution in [-0.4, -0.2) is 45.7 Å². The molecule has 5 rings (SSSR count). The summed E-state index contributed by atoms with van der Waals surface area (Å²) >= 11 is 0. The van der Waals surface area contributed by atoms with Crippen molar-refractivity contribution in [1.82, 2.24) is 25.4 Å². The molecule has 3 heterocycles. The van der Waals surface area contributed by atoms with Crippen molar-refractivity contribution in [2.75, 3.05) is 13.1 Å². The fourth-order valence-corrected chi connectivity index (χ4v) is 5.18. The van der Waals surface area contributed by atoms with Crippen molar-refractivity contribution in [1.29, 1.82) is 0 Å². The molecule has 0 saturated carbocycles. The van der Waals surface area contributed by atoms with Gasteiger partial charge in [0.05, 0.1) is 29.4 Å². The number of alkyl halides is 3. The highest BCUT2D eigenvalue weighted by molar-refractivity contribution is 6.04. The van der Waals surface area contributed by atoms with Crippen molar-refractivity contribution in [2.24, 2.45) is 0 Å². The molecule has 8 nitrogen and oxygen atoms in total. The van der Waals surface area contributed by atoms with Gasteiger partial charge in [-0.15, -0.1) is 6.58 Å². The third kappa shape index (κ3) is 5.43. The molecule has 210 valence electrons. The lowest BCUT2D eigenvalue weighted by molar-refractivity contribution is -0.138. The second-order valence-electron chi connectivity index (χ2n) is 9.55. The van der Waals surface area contributed by atoms with Crippen LogP contribution in [-0.2, 0) is 22.3 Å². The number of pyridine rings is 1. The van der Waals surface area contributed by atoms with Gasteiger partial charge in [0.2, 0.25) is 5.91 Å². The lowest BCUT2D eigenvalue weighted by Crippen LogP contribution is -2.47. The Labute approximate surface area is 234 Å². The molecule has 0 aliphatic carbocycles. The Hall–Kier alpha value is -4.93. The molecule has 0 radical (unpaired) electrons. The molecular weight excluding hydrogens is 535 g/mol. The minimum atomic E-state index is -4.72. The van der Waals surface area contributed by atoms with Crippen LogP contribution in [0.1, 0.15) is 34.3 Å². The number of benzene rings is 2. The average molecular weight is 562 g/mol. The van der Waals surface area contributed by atoms with E-state index in [1.807, 2.05) is 0 Å². The number of amides is 4. The van der Waals surface area contributed by atoms with Crippen LogP contribution < -0.4 is 10.6 Å². The fourth-order valence-electron chi connectivity index (χ4n) is 5.18. The van der Waals surface area contributed by atoms with E-state index in [2.05, 4.69) is 22.2 Å². The number of carbonyl (C=O) groups excluding carboxylic acids is 3. The van der Waals surface area contributed by atoms with Crippen LogP contribution in [0.25, 0.3) is 0 Å². The number of hydrogen-bond donors (Lipinski definition) is 2. The van der Waals surface area contributed by atoms with E-state index in [1.54, 1.807) is 54.9 Å². The number of hydrogen-bond acceptors (Lipinski definition) is 4. The maximum atomic E-state index is 14.1. The molecule has 2 aliphatic rings. The van der Waals surface area contributed by atoms with Gasteiger partial charge in [-0.25, -0.2) is 4.79 Å². The molecule has 2 unspecified atom stereocenters. The summed E-state index contributed by atoms with van der Waals surface area (Å²) in [6.07, 6.45) is -0.0575. The van der Waals surface area contributed by atoms with E-state index >= 15 is 0 Å². The minimum absolute atomic E-state index is 0.0165. The van der Waals surface area contributed by atoms with Gasteiger partial charge in [-0.05, 0) is 28.8 Å². The number of nitrogens with zero attached hydrogens (tertiary/aromatic N) is 3. The first-order valence-corrected chi connectivity index (χ1v) is 12.8. The molecule has 0 saturated heterocycles. The van der Waals surface area contributed by atoms with Gasteiger partial charge in [-0.1, -0.05) is 60.7 Å². The zero-order valence-electron chi connectivity index (χ0n) is 21.8. The number of urea groups is 1. The zero-order valence-corrected chi connectivity index (χ0v) is 21.8. The summed E-state index contributed by atoms with van der Waals surface area (Å²) < 4.78 is 42.0. The molecule has 2 atom stereocenters. The van der Waals surface area contributed by atoms with Crippen LogP contribution in [0, 0.1) is 0 Å². The van der Waals surface area contributed by atoms with Crippen molar-refractivity contribution in [2.45, 2.75) is 24.8 Å². The molecular formula is C30H26F3N5O3. The summed E-state index contributed by atoms with van der Waals surface area (Å²) in [7, 11) is 0. The van der Waals surface area contributed by atoms with Gasteiger partial charge in [0, 0.05) is 25.5 Å². The predicted octanol–water partition coefficient (Wildman–Crippen LogP) is 4.51. The lowest BCUT2D eigenvalue weighted by atomic mass is 9.91. The number of rotatable bonds is 8. The van der Waals surface area contributed by atoms with Crippen molar-refractivity contribution < 1.29 is 27.6 Å². The summed E-state index contributed by atoms with van der Waals surface area (Å²) in [5.41, 5.74) is 0.228. The van der Waals surface area contributed by atoms with Crippen molar-refractivity contribution in [3.8, 4) is 0 Å². The van der Waals surface area contributed by atoms with E-state index in [9.17, 15) is 27.6 Å². The third-order valence-electron chi connectivity index (χ3n) is 7.00. The van der Waals surface area contributed by atoms with E-state index in [0.29, 0.717) is 5.56 Å². The predicted molar refractivity (Wildman–Crippen MR) is 144 cm³/mol. The zero-order chi connectivity index (χ0) is 29.1. The quantitative estimate of drug-likeness (QED) is 0.396. The number of halogens is 3. The smallest absolute Gasteiger partial charge is 0.350 e. The summed E-state index contributed by atoms with van der Waals surface area (Å²) in [6, 6.07) is 13.8. The fraction of sp³-hybridized carbons (Fsp3) is 0.200. The van der Waals surface area contributed by atoms with Crippen molar-refractivity contribution in [3.05, 3.63) is 125 Å². The maximum Gasteiger partial charge on any atom is 0.416 e. The molecule has 11 heteroatoms. The second-order valence-corrected chi connectivity index (χ2v) is 9.55. The largest absolute Gasteiger partial charge is 0.416 e. The first kappa shape index (κ1) is 27.6. The maximum absolute atomic E-state index is 14.1. The Morgan fingerprint density at radius 2 is 1.83 bits per heavy atom. The van der Waals surface area contributed by atoms with Crippen LogP contribution >= 0.6 is 0 Å². The number of nitrogens with one attached hydrogen (secondary N) is 2. The first-order chi connectivity index (χ1) is 19.7. The van der Waals surface area contributed by atoms with Gasteiger partial charge in [0.15, 0.2) is 0 Å². The number of aromatic nitrogens is 1. The highest BCUT2D eigenvalue weighted by atomic mass is 19.4. The molecule has 2 N–H and O–H groups in total. The monoisotopic (exact) mass is 561 g/mol. The SMILES string of the molecule is C=CCN1C(=O)NC(c2ccccc2C(F)(F)F)C2=C1CN(C(C(=O)NCc1cccnc1)c1ccccc1)C2=O. The molecule has 3 aromatic rings. The van der Waals surface area contributed by atoms with Crippen molar-refractivity contribution in [3.63, 3.8) is 0 Å². The Bertz CT molecular complexity index is 1510. The van der Waals surface area contributed by atoms with Crippen molar-refractivity contribution >= 4 is 17.8 Å². The summed E-state index contributed by atoms with van der Waals surface area (Å²) in [6.45, 7) is 3.67. The van der Waals surface area contributed by atoms with Crippen LogP contribution in [0.3, 0.4) is 0 Å². The molecule has 0 spiro atoms. The molecule has 2 aromatic carbocycles. The van der Waals surface area contributed by atoms with E-state index in [4.69, 9.17) is 0 Å². The van der Waals surface area contributed by atoms with E-state index in [0.717, 1.165) is 11.6 Å². The topological polar surface area (TPSA) is 94.6 Å².